The van der Waals surface area contributed by atoms with Crippen LogP contribution in [0.4, 0.5) is 10.2 Å². The Hall–Kier alpha value is -1.55. The fourth-order valence-electron chi connectivity index (χ4n) is 2.22. The molecule has 0 aliphatic heterocycles. The Labute approximate surface area is 123 Å². The predicted molar refractivity (Wildman–Crippen MR) is 81.2 cm³/mol. The third-order valence-electron chi connectivity index (χ3n) is 3.62. The molecular weight excluding hydrogens is 277 g/mol. The first-order valence-corrected chi connectivity index (χ1v) is 7.09. The van der Waals surface area contributed by atoms with E-state index in [1.807, 2.05) is 0 Å². The van der Waals surface area contributed by atoms with Crippen molar-refractivity contribution in [2.75, 3.05) is 5.73 Å². The molecule has 20 heavy (non-hydrogen) atoms. The minimum absolute atomic E-state index is 0.345. The van der Waals surface area contributed by atoms with E-state index in [1.165, 1.54) is 6.07 Å². The third-order valence-corrected chi connectivity index (χ3v) is 3.93. The predicted octanol–water partition coefficient (Wildman–Crippen LogP) is 4.05. The standard InChI is InChI=1S/C15H19ClFN3/c1-4-9(2)8-12-14(15(18)20(3)19-12)13-10(16)6-5-7-11(13)17/h5-7,9H,4,8,18H2,1-3H3. The van der Waals surface area contributed by atoms with Crippen LogP contribution < -0.4 is 5.73 Å². The Morgan fingerprint density at radius 1 is 1.40 bits per heavy atom. The lowest BCUT2D eigenvalue weighted by molar-refractivity contribution is 0.547. The van der Waals surface area contributed by atoms with Gasteiger partial charge in [-0.05, 0) is 24.5 Å². The quantitative estimate of drug-likeness (QED) is 0.925. The molecule has 2 aromatic rings. The van der Waals surface area contributed by atoms with Crippen LogP contribution in [0.15, 0.2) is 18.2 Å². The number of hydrogen-bond donors (Lipinski definition) is 1. The molecule has 108 valence electrons. The third kappa shape index (κ3) is 2.66. The summed E-state index contributed by atoms with van der Waals surface area (Å²) in [5.74, 6) is 0.520. The number of nitrogens with two attached hydrogens (primary N) is 1. The zero-order valence-corrected chi connectivity index (χ0v) is 12.7. The molecule has 0 aliphatic rings. The van der Waals surface area contributed by atoms with E-state index < -0.39 is 0 Å². The molecule has 0 spiro atoms. The molecule has 0 amide bonds. The van der Waals surface area contributed by atoms with Crippen molar-refractivity contribution in [2.45, 2.75) is 26.7 Å². The van der Waals surface area contributed by atoms with Crippen LogP contribution in [0.25, 0.3) is 11.1 Å². The average molecular weight is 296 g/mol. The molecule has 2 rings (SSSR count). The highest BCUT2D eigenvalue weighted by molar-refractivity contribution is 6.33. The molecule has 0 radical (unpaired) electrons. The van der Waals surface area contributed by atoms with Crippen molar-refractivity contribution in [3.63, 3.8) is 0 Å². The fraction of sp³-hybridized carbons (Fsp3) is 0.400. The van der Waals surface area contributed by atoms with Gasteiger partial charge < -0.3 is 5.73 Å². The number of halogens is 2. The summed E-state index contributed by atoms with van der Waals surface area (Å²) in [5.41, 5.74) is 7.83. The lowest BCUT2D eigenvalue weighted by Crippen LogP contribution is -2.01. The molecule has 5 heteroatoms. The number of anilines is 1. The second-order valence-electron chi connectivity index (χ2n) is 5.14. The van der Waals surface area contributed by atoms with Gasteiger partial charge >= 0.3 is 0 Å². The summed E-state index contributed by atoms with van der Waals surface area (Å²) in [6.45, 7) is 4.25. The van der Waals surface area contributed by atoms with Crippen LogP contribution in [0.3, 0.4) is 0 Å². The Morgan fingerprint density at radius 2 is 2.10 bits per heavy atom. The van der Waals surface area contributed by atoms with Crippen molar-refractivity contribution < 1.29 is 4.39 Å². The molecular formula is C15H19ClFN3. The summed E-state index contributed by atoms with van der Waals surface area (Å²) in [4.78, 5) is 0. The second kappa shape index (κ2) is 5.83. The Kier molecular flexibility index (Phi) is 4.33. The van der Waals surface area contributed by atoms with Crippen molar-refractivity contribution in [3.05, 3.63) is 34.7 Å². The Balaban J connectivity index is 2.61. The van der Waals surface area contributed by atoms with Gasteiger partial charge in [0.1, 0.15) is 11.6 Å². The lowest BCUT2D eigenvalue weighted by Gasteiger charge is -2.10. The summed E-state index contributed by atoms with van der Waals surface area (Å²) in [6, 6.07) is 4.64. The molecule has 0 aliphatic carbocycles. The molecule has 3 nitrogen and oxygen atoms in total. The van der Waals surface area contributed by atoms with Crippen molar-refractivity contribution in [1.29, 1.82) is 0 Å². The van der Waals surface area contributed by atoms with Crippen molar-refractivity contribution in [3.8, 4) is 11.1 Å². The van der Waals surface area contributed by atoms with Gasteiger partial charge in [-0.3, -0.25) is 4.68 Å². The first kappa shape index (κ1) is 14.9. The first-order chi connectivity index (χ1) is 9.45. The van der Waals surface area contributed by atoms with Crippen LogP contribution >= 0.6 is 11.6 Å². The number of aromatic nitrogens is 2. The van der Waals surface area contributed by atoms with Gasteiger partial charge in [0.15, 0.2) is 0 Å². The number of hydrogen-bond acceptors (Lipinski definition) is 2. The van der Waals surface area contributed by atoms with Gasteiger partial charge in [-0.1, -0.05) is 37.9 Å². The molecule has 2 N–H and O–H groups in total. The molecule has 1 unspecified atom stereocenters. The monoisotopic (exact) mass is 295 g/mol. The molecule has 1 atom stereocenters. The van der Waals surface area contributed by atoms with E-state index >= 15 is 0 Å². The maximum atomic E-state index is 14.1. The minimum atomic E-state index is -0.373. The van der Waals surface area contributed by atoms with E-state index in [1.54, 1.807) is 23.9 Å². The zero-order chi connectivity index (χ0) is 14.9. The summed E-state index contributed by atoms with van der Waals surface area (Å²) in [5, 5.41) is 4.78. The highest BCUT2D eigenvalue weighted by Crippen LogP contribution is 2.37. The van der Waals surface area contributed by atoms with E-state index in [2.05, 4.69) is 18.9 Å². The van der Waals surface area contributed by atoms with E-state index in [0.29, 0.717) is 27.9 Å². The molecule has 0 saturated heterocycles. The molecule has 0 bridgehead atoms. The van der Waals surface area contributed by atoms with Crippen LogP contribution in [-0.4, -0.2) is 9.78 Å². The van der Waals surface area contributed by atoms with E-state index in [-0.39, 0.29) is 5.82 Å². The zero-order valence-electron chi connectivity index (χ0n) is 12.0. The SMILES string of the molecule is CCC(C)Cc1nn(C)c(N)c1-c1c(F)cccc1Cl. The van der Waals surface area contributed by atoms with Gasteiger partial charge in [0.05, 0.1) is 16.3 Å². The largest absolute Gasteiger partial charge is 0.383 e. The van der Waals surface area contributed by atoms with Gasteiger partial charge in [0, 0.05) is 12.6 Å². The lowest BCUT2D eigenvalue weighted by atomic mass is 9.97. The topological polar surface area (TPSA) is 43.8 Å². The van der Waals surface area contributed by atoms with Crippen molar-refractivity contribution >= 4 is 17.4 Å². The maximum absolute atomic E-state index is 14.1. The second-order valence-corrected chi connectivity index (χ2v) is 5.55. The van der Waals surface area contributed by atoms with Crippen LogP contribution in [0.5, 0.6) is 0 Å². The number of rotatable bonds is 4. The van der Waals surface area contributed by atoms with Crippen LogP contribution in [-0.2, 0) is 13.5 Å². The van der Waals surface area contributed by atoms with Crippen molar-refractivity contribution in [1.82, 2.24) is 9.78 Å². The van der Waals surface area contributed by atoms with Gasteiger partial charge in [-0.2, -0.15) is 5.10 Å². The number of benzene rings is 1. The highest BCUT2D eigenvalue weighted by atomic mass is 35.5. The van der Waals surface area contributed by atoms with E-state index in [4.69, 9.17) is 17.3 Å². The first-order valence-electron chi connectivity index (χ1n) is 6.71. The highest BCUT2D eigenvalue weighted by Gasteiger charge is 2.22. The maximum Gasteiger partial charge on any atom is 0.132 e. The number of nitrogen functional groups attached to an aromatic ring is 1. The normalized spacial score (nSPS) is 12.7. The van der Waals surface area contributed by atoms with Crippen molar-refractivity contribution in [2.24, 2.45) is 13.0 Å². The number of nitrogens with zero attached hydrogens (tertiary/aromatic N) is 2. The fourth-order valence-corrected chi connectivity index (χ4v) is 2.48. The van der Waals surface area contributed by atoms with Gasteiger partial charge in [0.25, 0.3) is 0 Å². The van der Waals surface area contributed by atoms with Gasteiger partial charge in [0.2, 0.25) is 0 Å². The minimum Gasteiger partial charge on any atom is -0.383 e. The van der Waals surface area contributed by atoms with Crippen LogP contribution in [0, 0.1) is 11.7 Å². The average Bonchev–Trinajstić information content (AvgIpc) is 2.66. The number of aryl methyl sites for hydroxylation is 1. The summed E-state index contributed by atoms with van der Waals surface area (Å²) >= 11 is 6.16. The molecule has 1 aromatic carbocycles. The molecule has 0 fully saturated rings. The summed E-state index contributed by atoms with van der Waals surface area (Å²) < 4.78 is 15.7. The summed E-state index contributed by atoms with van der Waals surface area (Å²) in [7, 11) is 1.76. The molecule has 0 saturated carbocycles. The van der Waals surface area contributed by atoms with E-state index in [9.17, 15) is 4.39 Å². The van der Waals surface area contributed by atoms with Gasteiger partial charge in [-0.15, -0.1) is 0 Å². The smallest absolute Gasteiger partial charge is 0.132 e. The Bertz CT molecular complexity index is 602. The van der Waals surface area contributed by atoms with Gasteiger partial charge in [-0.25, -0.2) is 4.39 Å². The van der Waals surface area contributed by atoms with Crippen LogP contribution in [0.1, 0.15) is 26.0 Å². The summed E-state index contributed by atoms with van der Waals surface area (Å²) in [6.07, 6.45) is 1.78. The van der Waals surface area contributed by atoms with E-state index in [0.717, 1.165) is 18.5 Å². The Morgan fingerprint density at radius 3 is 2.70 bits per heavy atom. The van der Waals surface area contributed by atoms with Crippen LogP contribution in [0.2, 0.25) is 5.02 Å². The molecule has 1 aromatic heterocycles. The molecule has 1 heterocycles.